The van der Waals surface area contributed by atoms with Gasteiger partial charge >= 0.3 is 0 Å². The molecule has 0 radical (unpaired) electrons. The topological polar surface area (TPSA) is 44.8 Å². The van der Waals surface area contributed by atoms with Crippen molar-refractivity contribution < 1.29 is 9.53 Å². The van der Waals surface area contributed by atoms with Gasteiger partial charge in [0.1, 0.15) is 6.10 Å². The molecule has 1 unspecified atom stereocenters. The van der Waals surface area contributed by atoms with Crippen molar-refractivity contribution in [2.75, 3.05) is 39.3 Å². The van der Waals surface area contributed by atoms with Crippen LogP contribution in [0.15, 0.2) is 12.7 Å². The van der Waals surface area contributed by atoms with Crippen molar-refractivity contribution in [1.82, 2.24) is 15.1 Å². The van der Waals surface area contributed by atoms with Gasteiger partial charge in [0.15, 0.2) is 5.11 Å². The van der Waals surface area contributed by atoms with Crippen molar-refractivity contribution >= 4 is 23.2 Å². The number of piperazine rings is 1. The molecule has 0 spiro atoms. The Hall–Kier alpha value is -1.14. The molecule has 2 rings (SSSR count). The summed E-state index contributed by atoms with van der Waals surface area (Å²) in [7, 11) is 0. The largest absolute Gasteiger partial charge is 0.368 e. The van der Waals surface area contributed by atoms with Gasteiger partial charge in [-0.05, 0) is 25.1 Å². The van der Waals surface area contributed by atoms with E-state index >= 15 is 0 Å². The minimum Gasteiger partial charge on any atom is -0.368 e. The van der Waals surface area contributed by atoms with Crippen LogP contribution in [0, 0.1) is 0 Å². The van der Waals surface area contributed by atoms with Crippen LogP contribution < -0.4 is 5.32 Å². The first-order valence-corrected chi connectivity index (χ1v) is 7.17. The van der Waals surface area contributed by atoms with Crippen LogP contribution in [-0.4, -0.2) is 66.3 Å². The highest BCUT2D eigenvalue weighted by Crippen LogP contribution is 2.15. The maximum absolute atomic E-state index is 12.2. The zero-order valence-corrected chi connectivity index (χ0v) is 12.0. The van der Waals surface area contributed by atoms with E-state index in [4.69, 9.17) is 17.0 Å². The average Bonchev–Trinajstić information content (AvgIpc) is 2.98. The van der Waals surface area contributed by atoms with Gasteiger partial charge in [-0.2, -0.15) is 0 Å². The van der Waals surface area contributed by atoms with Gasteiger partial charge in [-0.15, -0.1) is 6.58 Å². The Kier molecular flexibility index (Phi) is 5.15. The third kappa shape index (κ3) is 3.67. The Morgan fingerprint density at radius 2 is 2.05 bits per heavy atom. The first-order chi connectivity index (χ1) is 9.22. The summed E-state index contributed by atoms with van der Waals surface area (Å²) in [4.78, 5) is 16.2. The first kappa shape index (κ1) is 14.3. The van der Waals surface area contributed by atoms with E-state index in [1.165, 1.54) is 0 Å². The van der Waals surface area contributed by atoms with Crippen molar-refractivity contribution in [1.29, 1.82) is 0 Å². The number of hydrogen-bond donors (Lipinski definition) is 1. The maximum Gasteiger partial charge on any atom is 0.251 e. The molecule has 2 heterocycles. The van der Waals surface area contributed by atoms with E-state index in [1.807, 2.05) is 4.90 Å². The number of thiocarbonyl (C=S) groups is 1. The number of hydrogen-bond acceptors (Lipinski definition) is 3. The smallest absolute Gasteiger partial charge is 0.251 e. The van der Waals surface area contributed by atoms with E-state index in [2.05, 4.69) is 16.8 Å². The summed E-state index contributed by atoms with van der Waals surface area (Å²) in [6.45, 7) is 8.03. The maximum atomic E-state index is 12.2. The summed E-state index contributed by atoms with van der Waals surface area (Å²) in [6, 6.07) is 0. The Balaban J connectivity index is 1.76. The Bertz CT molecular complexity index is 348. The molecule has 0 saturated carbocycles. The van der Waals surface area contributed by atoms with Crippen LogP contribution in [0.25, 0.3) is 0 Å². The predicted molar refractivity (Wildman–Crippen MR) is 77.9 cm³/mol. The molecule has 1 N–H and O–H groups in total. The summed E-state index contributed by atoms with van der Waals surface area (Å²) < 4.78 is 5.44. The summed E-state index contributed by atoms with van der Waals surface area (Å²) >= 11 is 5.29. The molecule has 0 aromatic heterocycles. The second kappa shape index (κ2) is 6.86. The quantitative estimate of drug-likeness (QED) is 0.599. The SMILES string of the molecule is C=CCNC(=S)N1CCN(C(=O)C2CCCO2)CC1. The van der Waals surface area contributed by atoms with Crippen molar-refractivity contribution in [3.63, 3.8) is 0 Å². The molecule has 0 aliphatic carbocycles. The molecule has 2 fully saturated rings. The Morgan fingerprint density at radius 1 is 1.37 bits per heavy atom. The van der Waals surface area contributed by atoms with Gasteiger partial charge in [0.25, 0.3) is 5.91 Å². The molecule has 1 amide bonds. The molecule has 0 aromatic carbocycles. The van der Waals surface area contributed by atoms with Crippen molar-refractivity contribution in [2.45, 2.75) is 18.9 Å². The van der Waals surface area contributed by atoms with Gasteiger partial charge in [0.05, 0.1) is 0 Å². The highest BCUT2D eigenvalue weighted by molar-refractivity contribution is 7.80. The van der Waals surface area contributed by atoms with Crippen molar-refractivity contribution in [3.05, 3.63) is 12.7 Å². The van der Waals surface area contributed by atoms with Gasteiger partial charge in [0.2, 0.25) is 0 Å². The Labute approximate surface area is 119 Å². The molecule has 0 aromatic rings. The van der Waals surface area contributed by atoms with E-state index in [9.17, 15) is 4.79 Å². The minimum absolute atomic E-state index is 0.141. The highest BCUT2D eigenvalue weighted by Gasteiger charge is 2.30. The zero-order chi connectivity index (χ0) is 13.7. The standard InChI is InChI=1S/C13H21N3O2S/c1-2-5-14-13(19)16-8-6-15(7-9-16)12(17)11-4-3-10-18-11/h2,11H,1,3-10H2,(H,14,19). The lowest BCUT2D eigenvalue weighted by atomic mass is 10.2. The van der Waals surface area contributed by atoms with E-state index in [-0.39, 0.29) is 12.0 Å². The molecule has 5 nitrogen and oxygen atoms in total. The van der Waals surface area contributed by atoms with Crippen LogP contribution in [0.1, 0.15) is 12.8 Å². The number of amides is 1. The highest BCUT2D eigenvalue weighted by atomic mass is 32.1. The van der Waals surface area contributed by atoms with Crippen LogP contribution in [0.3, 0.4) is 0 Å². The predicted octanol–water partition coefficient (Wildman–Crippen LogP) is 0.370. The van der Waals surface area contributed by atoms with Crippen LogP contribution in [-0.2, 0) is 9.53 Å². The molecule has 2 saturated heterocycles. The Morgan fingerprint density at radius 3 is 2.63 bits per heavy atom. The summed E-state index contributed by atoms with van der Waals surface area (Å²) in [5.41, 5.74) is 0. The molecule has 106 valence electrons. The van der Waals surface area contributed by atoms with Crippen LogP contribution in [0.4, 0.5) is 0 Å². The lowest BCUT2D eigenvalue weighted by Crippen LogP contribution is -2.54. The van der Waals surface area contributed by atoms with E-state index in [1.54, 1.807) is 6.08 Å². The molecule has 2 aliphatic rings. The van der Waals surface area contributed by atoms with Gasteiger partial charge in [-0.3, -0.25) is 4.79 Å². The fraction of sp³-hybridized carbons (Fsp3) is 0.692. The van der Waals surface area contributed by atoms with Gasteiger partial charge < -0.3 is 19.9 Å². The second-order valence-corrected chi connectivity index (χ2v) is 5.18. The molecule has 6 heteroatoms. The monoisotopic (exact) mass is 283 g/mol. The van der Waals surface area contributed by atoms with E-state index < -0.39 is 0 Å². The van der Waals surface area contributed by atoms with E-state index in [0.29, 0.717) is 26.2 Å². The number of rotatable bonds is 3. The summed E-state index contributed by atoms with van der Waals surface area (Å²) in [5.74, 6) is 0.141. The number of carbonyl (C=O) groups is 1. The third-order valence-electron chi connectivity index (χ3n) is 3.48. The van der Waals surface area contributed by atoms with Gasteiger partial charge in [-0.25, -0.2) is 0 Å². The number of ether oxygens (including phenoxy) is 1. The molecule has 1 atom stereocenters. The molecule has 2 aliphatic heterocycles. The number of nitrogens with zero attached hydrogens (tertiary/aromatic N) is 2. The minimum atomic E-state index is -0.211. The average molecular weight is 283 g/mol. The first-order valence-electron chi connectivity index (χ1n) is 6.76. The summed E-state index contributed by atoms with van der Waals surface area (Å²) in [5, 5.41) is 3.85. The van der Waals surface area contributed by atoms with Crippen molar-refractivity contribution in [3.8, 4) is 0 Å². The zero-order valence-electron chi connectivity index (χ0n) is 11.1. The lowest BCUT2D eigenvalue weighted by Gasteiger charge is -2.37. The van der Waals surface area contributed by atoms with Gasteiger partial charge in [0, 0.05) is 39.3 Å². The fourth-order valence-corrected chi connectivity index (χ4v) is 2.64. The number of nitrogens with one attached hydrogen (secondary N) is 1. The van der Waals surface area contributed by atoms with E-state index in [0.717, 1.165) is 31.0 Å². The third-order valence-corrected chi connectivity index (χ3v) is 3.88. The van der Waals surface area contributed by atoms with Crippen molar-refractivity contribution in [2.24, 2.45) is 0 Å². The van der Waals surface area contributed by atoms with Crippen LogP contribution in [0.5, 0.6) is 0 Å². The van der Waals surface area contributed by atoms with Crippen LogP contribution in [0.2, 0.25) is 0 Å². The second-order valence-electron chi connectivity index (χ2n) is 4.79. The number of carbonyl (C=O) groups excluding carboxylic acids is 1. The fourth-order valence-electron chi connectivity index (χ4n) is 2.38. The molecule has 0 bridgehead atoms. The van der Waals surface area contributed by atoms with Crippen LogP contribution >= 0.6 is 12.2 Å². The summed E-state index contributed by atoms with van der Waals surface area (Å²) in [6.07, 6.45) is 3.42. The van der Waals surface area contributed by atoms with Gasteiger partial charge in [-0.1, -0.05) is 6.08 Å². The molecule has 19 heavy (non-hydrogen) atoms. The molecular formula is C13H21N3O2S. The molecular weight excluding hydrogens is 262 g/mol. The lowest BCUT2D eigenvalue weighted by molar-refractivity contribution is -0.142. The normalized spacial score (nSPS) is 23.3.